The fraction of sp³-hybridized carbons (Fsp3) is 0.538. The fourth-order valence-corrected chi connectivity index (χ4v) is 5.02. The standard InChI is InChI=1S/C13H16BrF2NO3S/c1-2-20-10-4-3-5-17(8-10)21(18,19)13-11(14)6-9(15)7-12(13)16/h6-7,10H,2-5,8H2,1H3. The first-order valence-electron chi connectivity index (χ1n) is 6.62. The topological polar surface area (TPSA) is 46.6 Å². The molecule has 4 nitrogen and oxygen atoms in total. The van der Waals surface area contributed by atoms with Gasteiger partial charge >= 0.3 is 0 Å². The minimum Gasteiger partial charge on any atom is -0.377 e. The summed E-state index contributed by atoms with van der Waals surface area (Å²) in [5.74, 6) is -1.93. The summed E-state index contributed by atoms with van der Waals surface area (Å²) in [6, 6.07) is 1.52. The molecule has 0 amide bonds. The Morgan fingerprint density at radius 1 is 1.43 bits per heavy atom. The molecule has 0 saturated carbocycles. The maximum absolute atomic E-state index is 13.9. The fourth-order valence-electron chi connectivity index (χ4n) is 2.40. The normalized spacial score (nSPS) is 20.7. The molecule has 21 heavy (non-hydrogen) atoms. The quantitative estimate of drug-likeness (QED) is 0.802. The van der Waals surface area contributed by atoms with Crippen molar-refractivity contribution in [3.63, 3.8) is 0 Å². The zero-order valence-electron chi connectivity index (χ0n) is 11.5. The summed E-state index contributed by atoms with van der Waals surface area (Å²) in [6.07, 6.45) is 1.22. The van der Waals surface area contributed by atoms with Crippen molar-refractivity contribution in [1.82, 2.24) is 4.31 Å². The van der Waals surface area contributed by atoms with Crippen LogP contribution in [0.15, 0.2) is 21.5 Å². The van der Waals surface area contributed by atoms with E-state index in [1.165, 1.54) is 4.31 Å². The van der Waals surface area contributed by atoms with Crippen molar-refractivity contribution < 1.29 is 21.9 Å². The minimum absolute atomic E-state index is 0.112. The Hall–Kier alpha value is -0.570. The average molecular weight is 384 g/mol. The van der Waals surface area contributed by atoms with E-state index in [1.807, 2.05) is 6.92 Å². The molecule has 1 fully saturated rings. The van der Waals surface area contributed by atoms with Crippen molar-refractivity contribution in [3.8, 4) is 0 Å². The SMILES string of the molecule is CCOC1CCCN(S(=O)(=O)c2c(F)cc(F)cc2Br)C1. The van der Waals surface area contributed by atoms with Crippen molar-refractivity contribution >= 4 is 26.0 Å². The number of piperidine rings is 1. The Labute approximate surface area is 131 Å². The molecule has 1 aliphatic heterocycles. The summed E-state index contributed by atoms with van der Waals surface area (Å²) in [5, 5.41) is 0. The number of hydrogen-bond donors (Lipinski definition) is 0. The van der Waals surface area contributed by atoms with Gasteiger partial charge in [0.1, 0.15) is 16.5 Å². The number of nitrogens with zero attached hydrogens (tertiary/aromatic N) is 1. The predicted molar refractivity (Wildman–Crippen MR) is 77.5 cm³/mol. The van der Waals surface area contributed by atoms with Crippen LogP contribution in [0.2, 0.25) is 0 Å². The summed E-state index contributed by atoms with van der Waals surface area (Å²) < 4.78 is 58.7. The lowest BCUT2D eigenvalue weighted by Gasteiger charge is -2.31. The van der Waals surface area contributed by atoms with Crippen LogP contribution in [0.4, 0.5) is 8.78 Å². The Kier molecular flexibility index (Phi) is 5.34. The van der Waals surface area contributed by atoms with Crippen molar-refractivity contribution in [2.75, 3.05) is 19.7 Å². The van der Waals surface area contributed by atoms with Gasteiger partial charge in [-0.1, -0.05) is 0 Å². The highest BCUT2D eigenvalue weighted by Gasteiger charge is 2.34. The number of hydrogen-bond acceptors (Lipinski definition) is 3. The zero-order valence-corrected chi connectivity index (χ0v) is 13.9. The molecule has 1 aromatic rings. The highest BCUT2D eigenvalue weighted by Crippen LogP contribution is 2.30. The van der Waals surface area contributed by atoms with E-state index in [1.54, 1.807) is 0 Å². The maximum Gasteiger partial charge on any atom is 0.247 e. The smallest absolute Gasteiger partial charge is 0.247 e. The van der Waals surface area contributed by atoms with E-state index < -0.39 is 26.6 Å². The lowest BCUT2D eigenvalue weighted by molar-refractivity contribution is 0.0264. The van der Waals surface area contributed by atoms with Crippen LogP contribution in [-0.4, -0.2) is 38.5 Å². The van der Waals surface area contributed by atoms with Crippen LogP contribution < -0.4 is 0 Å². The molecular formula is C13H16BrF2NO3S. The summed E-state index contributed by atoms with van der Waals surface area (Å²) in [5.41, 5.74) is 0. The molecule has 0 N–H and O–H groups in total. The van der Waals surface area contributed by atoms with Gasteiger partial charge in [0.15, 0.2) is 0 Å². The third kappa shape index (κ3) is 3.61. The van der Waals surface area contributed by atoms with Gasteiger partial charge in [-0.05, 0) is 41.8 Å². The molecule has 0 aromatic heterocycles. The number of sulfonamides is 1. The molecule has 0 spiro atoms. The highest BCUT2D eigenvalue weighted by atomic mass is 79.9. The summed E-state index contributed by atoms with van der Waals surface area (Å²) >= 11 is 2.93. The van der Waals surface area contributed by atoms with Gasteiger partial charge in [-0.15, -0.1) is 0 Å². The van der Waals surface area contributed by atoms with E-state index >= 15 is 0 Å². The van der Waals surface area contributed by atoms with Gasteiger partial charge in [-0.25, -0.2) is 17.2 Å². The number of rotatable bonds is 4. The lowest BCUT2D eigenvalue weighted by Crippen LogP contribution is -2.43. The van der Waals surface area contributed by atoms with Crippen molar-refractivity contribution in [3.05, 3.63) is 28.2 Å². The van der Waals surface area contributed by atoms with Crippen molar-refractivity contribution in [2.24, 2.45) is 0 Å². The highest BCUT2D eigenvalue weighted by molar-refractivity contribution is 9.10. The van der Waals surface area contributed by atoms with Crippen LogP contribution in [0.5, 0.6) is 0 Å². The van der Waals surface area contributed by atoms with Crippen molar-refractivity contribution in [1.29, 1.82) is 0 Å². The Morgan fingerprint density at radius 3 is 2.76 bits per heavy atom. The third-order valence-corrected chi connectivity index (χ3v) is 6.13. The number of halogens is 3. The molecule has 1 heterocycles. The Morgan fingerprint density at radius 2 is 2.14 bits per heavy atom. The molecule has 1 unspecified atom stereocenters. The van der Waals surface area contributed by atoms with Gasteiger partial charge in [0.05, 0.1) is 6.10 Å². The lowest BCUT2D eigenvalue weighted by atomic mass is 10.1. The molecular weight excluding hydrogens is 368 g/mol. The second-order valence-electron chi connectivity index (χ2n) is 4.78. The minimum atomic E-state index is -4.03. The van der Waals surface area contributed by atoms with Crippen LogP contribution in [0.3, 0.4) is 0 Å². The van der Waals surface area contributed by atoms with E-state index in [0.717, 1.165) is 12.5 Å². The zero-order chi connectivity index (χ0) is 15.6. The molecule has 8 heteroatoms. The maximum atomic E-state index is 13.9. The molecule has 118 valence electrons. The second-order valence-corrected chi connectivity index (χ2v) is 7.51. The van der Waals surface area contributed by atoms with Crippen LogP contribution in [-0.2, 0) is 14.8 Å². The van der Waals surface area contributed by atoms with Crippen LogP contribution >= 0.6 is 15.9 Å². The monoisotopic (exact) mass is 383 g/mol. The van der Waals surface area contributed by atoms with Crippen LogP contribution in [0.25, 0.3) is 0 Å². The van der Waals surface area contributed by atoms with Crippen LogP contribution in [0.1, 0.15) is 19.8 Å². The molecule has 1 atom stereocenters. The number of benzene rings is 1. The van der Waals surface area contributed by atoms with Crippen molar-refractivity contribution in [2.45, 2.75) is 30.8 Å². The van der Waals surface area contributed by atoms with Gasteiger partial charge in [-0.3, -0.25) is 0 Å². The van der Waals surface area contributed by atoms with E-state index in [0.29, 0.717) is 25.6 Å². The van der Waals surface area contributed by atoms with Gasteiger partial charge in [0, 0.05) is 30.2 Å². The van der Waals surface area contributed by atoms with Crippen LogP contribution in [0, 0.1) is 11.6 Å². The Balaban J connectivity index is 2.34. The second kappa shape index (κ2) is 6.68. The Bertz CT molecular complexity index is 599. The van der Waals surface area contributed by atoms with Gasteiger partial charge in [-0.2, -0.15) is 4.31 Å². The largest absolute Gasteiger partial charge is 0.377 e. The molecule has 1 aliphatic rings. The first-order valence-corrected chi connectivity index (χ1v) is 8.86. The summed E-state index contributed by atoms with van der Waals surface area (Å²) in [6.45, 7) is 2.81. The van der Waals surface area contributed by atoms with E-state index in [4.69, 9.17) is 4.74 Å². The summed E-state index contributed by atoms with van der Waals surface area (Å²) in [7, 11) is -4.03. The first-order chi connectivity index (χ1) is 9.86. The van der Waals surface area contributed by atoms with Gasteiger partial charge < -0.3 is 4.74 Å². The van der Waals surface area contributed by atoms with E-state index in [9.17, 15) is 17.2 Å². The molecule has 0 radical (unpaired) electrons. The van der Waals surface area contributed by atoms with E-state index in [-0.39, 0.29) is 17.1 Å². The molecule has 2 rings (SSSR count). The molecule has 0 bridgehead atoms. The third-order valence-electron chi connectivity index (χ3n) is 3.30. The molecule has 0 aliphatic carbocycles. The summed E-state index contributed by atoms with van der Waals surface area (Å²) in [4.78, 5) is -0.527. The molecule has 1 aromatic carbocycles. The first kappa shape index (κ1) is 16.8. The predicted octanol–water partition coefficient (Wildman–Crippen LogP) is 2.92. The molecule has 1 saturated heterocycles. The average Bonchev–Trinajstić information content (AvgIpc) is 2.37. The number of ether oxygens (including phenoxy) is 1. The van der Waals surface area contributed by atoms with Gasteiger partial charge in [0.25, 0.3) is 0 Å². The van der Waals surface area contributed by atoms with Gasteiger partial charge in [0.2, 0.25) is 10.0 Å². The van der Waals surface area contributed by atoms with E-state index in [2.05, 4.69) is 15.9 Å².